The van der Waals surface area contributed by atoms with Gasteiger partial charge in [0.05, 0.1) is 0 Å². The number of carbonyl (C=O) groups is 4. The highest BCUT2D eigenvalue weighted by Gasteiger charge is 2.81. The predicted octanol–water partition coefficient (Wildman–Crippen LogP) is 4.86. The summed E-state index contributed by atoms with van der Waals surface area (Å²) in [4.78, 5) is 42.9. The lowest BCUT2D eigenvalue weighted by Crippen LogP contribution is -2.64. The minimum absolute atomic E-state index is 0.260. The third-order valence-electron chi connectivity index (χ3n) is 4.01. The van der Waals surface area contributed by atoms with Crippen LogP contribution in [0.15, 0.2) is 74.9 Å². The number of hydrogen-bond donors (Lipinski definition) is 0. The van der Waals surface area contributed by atoms with Crippen LogP contribution in [0, 0.1) is 0 Å². The topological polar surface area (TPSA) is 105 Å². The molecule has 0 aromatic heterocycles. The molecule has 1 rings (SSSR count). The zero-order chi connectivity index (χ0) is 31.4. The van der Waals surface area contributed by atoms with Gasteiger partial charge in [0.15, 0.2) is 13.2 Å². The van der Waals surface area contributed by atoms with Crippen molar-refractivity contribution < 1.29 is 73.2 Å². The van der Waals surface area contributed by atoms with E-state index >= 15 is 0 Å². The maximum absolute atomic E-state index is 13.3. The fourth-order valence-electron chi connectivity index (χ4n) is 2.00. The molecule has 0 unspecified atom stereocenters. The van der Waals surface area contributed by atoms with Gasteiger partial charge >= 0.3 is 47.6 Å². The second-order valence-electron chi connectivity index (χ2n) is 6.91. The normalized spacial score (nSPS) is 11.5. The number of alkyl halides is 8. The summed E-state index contributed by atoms with van der Waals surface area (Å²) < 4.78 is 123. The second-order valence-corrected chi connectivity index (χ2v) is 6.91. The minimum Gasteiger partial charge on any atom is -0.456 e. The van der Waals surface area contributed by atoms with Crippen LogP contribution in [0.3, 0.4) is 0 Å². The summed E-state index contributed by atoms with van der Waals surface area (Å²) in [5, 5.41) is 0. The van der Waals surface area contributed by atoms with Crippen molar-refractivity contribution in [3.05, 3.63) is 74.9 Å². The van der Waals surface area contributed by atoms with Gasteiger partial charge in [-0.05, 0) is 12.1 Å². The Morgan fingerprint density at radius 2 is 0.900 bits per heavy atom. The molecule has 0 aliphatic heterocycles. The summed E-state index contributed by atoms with van der Waals surface area (Å²) in [6.07, 6.45) is 2.61. The van der Waals surface area contributed by atoms with E-state index in [1.54, 1.807) is 18.2 Å². The molecule has 0 atom stereocenters. The molecule has 0 saturated carbocycles. The van der Waals surface area contributed by atoms with Crippen LogP contribution in [0.1, 0.15) is 0 Å². The quantitative estimate of drug-likeness (QED) is 0.139. The van der Waals surface area contributed by atoms with Gasteiger partial charge in [0.1, 0.15) is 11.5 Å². The van der Waals surface area contributed by atoms with Crippen LogP contribution in [0.2, 0.25) is 0 Å². The Balaban J connectivity index is 0.000000821. The Morgan fingerprint density at radius 1 is 0.600 bits per heavy atom. The molecule has 0 saturated heterocycles. The van der Waals surface area contributed by atoms with E-state index in [-0.39, 0.29) is 23.7 Å². The van der Waals surface area contributed by atoms with E-state index in [0.29, 0.717) is 0 Å². The van der Waals surface area contributed by atoms with Crippen molar-refractivity contribution in [1.82, 2.24) is 0 Å². The van der Waals surface area contributed by atoms with E-state index < -0.39 is 60.8 Å². The Kier molecular flexibility index (Phi) is 13.0. The molecule has 0 bridgehead atoms. The lowest BCUT2D eigenvalue weighted by Gasteiger charge is -2.36. The molecule has 1 aromatic carbocycles. The van der Waals surface area contributed by atoms with Crippen LogP contribution in [0.25, 0.3) is 0 Å². The van der Waals surface area contributed by atoms with Crippen molar-refractivity contribution in [3.8, 4) is 11.5 Å². The predicted molar refractivity (Wildman–Crippen MR) is 120 cm³/mol. The zero-order valence-corrected chi connectivity index (χ0v) is 20.2. The van der Waals surface area contributed by atoms with Crippen molar-refractivity contribution in [2.24, 2.45) is 0 Å². The van der Waals surface area contributed by atoms with Gasteiger partial charge < -0.3 is 18.9 Å². The molecular weight excluding hydrogens is 568 g/mol. The first-order chi connectivity index (χ1) is 18.3. The zero-order valence-electron chi connectivity index (χ0n) is 20.2. The maximum atomic E-state index is 13.3. The summed E-state index contributed by atoms with van der Waals surface area (Å²) in [6, 6.07) is 6.14. The molecule has 0 N–H and O–H groups in total. The lowest BCUT2D eigenvalue weighted by molar-refractivity contribution is -0.374. The third kappa shape index (κ3) is 9.67. The molecule has 16 heteroatoms. The smallest absolute Gasteiger partial charge is 0.381 e. The van der Waals surface area contributed by atoms with Gasteiger partial charge in [0.2, 0.25) is 0 Å². The molecule has 1 aromatic rings. The van der Waals surface area contributed by atoms with Crippen molar-refractivity contribution in [1.29, 1.82) is 0 Å². The molecule has 0 fully saturated rings. The van der Waals surface area contributed by atoms with Crippen LogP contribution in [0.5, 0.6) is 11.5 Å². The summed E-state index contributed by atoms with van der Waals surface area (Å²) >= 11 is 0. The van der Waals surface area contributed by atoms with Gasteiger partial charge in [-0.3, -0.25) is 0 Å². The summed E-state index contributed by atoms with van der Waals surface area (Å²) in [5.41, 5.74) is 0. The first-order valence-corrected chi connectivity index (χ1v) is 10.2. The molecule has 0 radical (unpaired) electrons. The molecule has 8 nitrogen and oxygen atoms in total. The highest BCUT2D eigenvalue weighted by atomic mass is 19.4. The highest BCUT2D eigenvalue weighted by Crippen LogP contribution is 2.52. The number of hydrogen-bond acceptors (Lipinski definition) is 8. The van der Waals surface area contributed by atoms with Crippen molar-refractivity contribution in [2.45, 2.75) is 23.7 Å². The molecule has 40 heavy (non-hydrogen) atoms. The average molecular weight is 588 g/mol. The van der Waals surface area contributed by atoms with E-state index in [2.05, 4.69) is 35.8 Å². The summed E-state index contributed by atoms with van der Waals surface area (Å²) in [5.74, 6) is -28.9. The molecule has 220 valence electrons. The van der Waals surface area contributed by atoms with Gasteiger partial charge in [0.25, 0.3) is 0 Å². The highest BCUT2D eigenvalue weighted by molar-refractivity contribution is 5.84. The monoisotopic (exact) mass is 588 g/mol. The van der Waals surface area contributed by atoms with Gasteiger partial charge in [-0.25, -0.2) is 19.2 Å². The number of benzene rings is 1. The Bertz CT molecular complexity index is 1050. The van der Waals surface area contributed by atoms with Crippen molar-refractivity contribution >= 4 is 23.9 Å². The van der Waals surface area contributed by atoms with Gasteiger partial charge in [-0.1, -0.05) is 32.4 Å². The largest absolute Gasteiger partial charge is 0.456 e. The van der Waals surface area contributed by atoms with Crippen LogP contribution in [-0.2, 0) is 28.7 Å². The summed E-state index contributed by atoms with van der Waals surface area (Å²) in [7, 11) is 0. The SMILES string of the molecule is C=CC(=O)OCC(F)(F)C(F)(F)C(F)(F)C(F)(F)COC(=O)C=C.C=CC(=O)Oc1cccc(OC(=O)C=C)c1. The molecule has 0 aliphatic carbocycles. The van der Waals surface area contributed by atoms with Gasteiger partial charge in [-0.15, -0.1) is 0 Å². The summed E-state index contributed by atoms with van der Waals surface area (Å²) in [6.45, 7) is 6.78. The molecule has 0 spiro atoms. The maximum Gasteiger partial charge on any atom is 0.381 e. The fraction of sp³-hybridized carbons (Fsp3) is 0.250. The fourth-order valence-corrected chi connectivity index (χ4v) is 2.00. The average Bonchev–Trinajstić information content (AvgIpc) is 2.90. The van der Waals surface area contributed by atoms with Gasteiger partial charge in [0, 0.05) is 30.4 Å². The van der Waals surface area contributed by atoms with Crippen LogP contribution >= 0.6 is 0 Å². The van der Waals surface area contributed by atoms with E-state index in [4.69, 9.17) is 9.47 Å². The first kappa shape index (κ1) is 35.5. The van der Waals surface area contributed by atoms with Gasteiger partial charge in [-0.2, -0.15) is 35.1 Å². The number of halogens is 8. The number of rotatable bonds is 13. The molecular formula is C24H20F8O8. The van der Waals surface area contributed by atoms with E-state index in [0.717, 1.165) is 12.2 Å². The second kappa shape index (κ2) is 14.6. The van der Waals surface area contributed by atoms with Crippen LogP contribution in [0.4, 0.5) is 35.1 Å². The van der Waals surface area contributed by atoms with Crippen LogP contribution < -0.4 is 9.47 Å². The Hall–Kier alpha value is -4.50. The number of carbonyl (C=O) groups excluding carboxylic acids is 4. The molecule has 0 aliphatic rings. The van der Waals surface area contributed by atoms with E-state index in [1.807, 2.05) is 0 Å². The van der Waals surface area contributed by atoms with E-state index in [1.165, 1.54) is 6.07 Å². The van der Waals surface area contributed by atoms with Crippen molar-refractivity contribution in [3.63, 3.8) is 0 Å². The Labute approximate surface area is 221 Å². The lowest BCUT2D eigenvalue weighted by atomic mass is 9.99. The number of esters is 4. The first-order valence-electron chi connectivity index (χ1n) is 10.2. The minimum atomic E-state index is -6.65. The molecule has 0 amide bonds. The van der Waals surface area contributed by atoms with Crippen LogP contribution in [-0.4, -0.2) is 60.8 Å². The number of ether oxygens (including phenoxy) is 4. The van der Waals surface area contributed by atoms with Crippen molar-refractivity contribution in [2.75, 3.05) is 13.2 Å². The standard InChI is InChI=1S/C12H10F8O4.C12H10O4/c1-3-7(21)23-5-9(13,14)11(17,18)12(19,20)10(15,16)6-24-8(22)4-2;1-3-11(13)15-9-6-5-7-10(8-9)16-12(14)4-2/h3-4H,1-2,5-6H2;3-8H,1-2H2. The van der Waals surface area contributed by atoms with E-state index in [9.17, 15) is 54.3 Å². The third-order valence-corrected chi connectivity index (χ3v) is 4.01. The Morgan fingerprint density at radius 3 is 1.18 bits per heavy atom. The molecule has 0 heterocycles.